The van der Waals surface area contributed by atoms with Gasteiger partial charge < -0.3 is 5.73 Å². The molecule has 0 saturated heterocycles. The zero-order valence-electron chi connectivity index (χ0n) is 9.30. The van der Waals surface area contributed by atoms with E-state index in [1.165, 1.54) is 23.1 Å². The fourth-order valence-electron chi connectivity index (χ4n) is 2.68. The molecule has 0 saturated carbocycles. The van der Waals surface area contributed by atoms with Crippen molar-refractivity contribution >= 4 is 0 Å². The molecular weight excluding hydrogens is 170 g/mol. The molecule has 0 fully saturated rings. The number of aryl methyl sites for hydroxylation is 1. The van der Waals surface area contributed by atoms with Crippen LogP contribution in [0.4, 0.5) is 0 Å². The predicted molar refractivity (Wildman–Crippen MR) is 60.6 cm³/mol. The number of hydrogen-bond acceptors (Lipinski definition) is 1. The summed E-state index contributed by atoms with van der Waals surface area (Å²) in [6.07, 6.45) is 1.20. The molecule has 1 atom stereocenters. The Morgan fingerprint density at radius 2 is 2.14 bits per heavy atom. The van der Waals surface area contributed by atoms with Gasteiger partial charge in [0, 0.05) is 0 Å². The van der Waals surface area contributed by atoms with Crippen LogP contribution in [0.2, 0.25) is 0 Å². The highest BCUT2D eigenvalue weighted by atomic mass is 14.6. The molecule has 1 nitrogen and oxygen atoms in total. The highest BCUT2D eigenvalue weighted by Gasteiger charge is 2.35. The molecule has 0 bridgehead atoms. The van der Waals surface area contributed by atoms with Crippen LogP contribution in [0.3, 0.4) is 0 Å². The molecule has 1 aromatic carbocycles. The third kappa shape index (κ3) is 1.36. The Bertz CT molecular complexity index is 352. The highest BCUT2D eigenvalue weighted by Crippen LogP contribution is 2.45. The smallest absolute Gasteiger partial charge is 0.000781 e. The van der Waals surface area contributed by atoms with E-state index in [0.717, 1.165) is 6.54 Å². The van der Waals surface area contributed by atoms with Crippen molar-refractivity contribution in [3.8, 4) is 0 Å². The molecular formula is C13H19N. The van der Waals surface area contributed by atoms with E-state index in [9.17, 15) is 0 Å². The molecule has 0 aliphatic heterocycles. The third-order valence-corrected chi connectivity index (χ3v) is 3.42. The van der Waals surface area contributed by atoms with Gasteiger partial charge in [-0.1, -0.05) is 37.6 Å². The second kappa shape index (κ2) is 3.09. The lowest BCUT2D eigenvalue weighted by atomic mass is 9.86. The first kappa shape index (κ1) is 9.72. The Balaban J connectivity index is 2.54. The molecule has 1 aliphatic carbocycles. The van der Waals surface area contributed by atoms with Crippen LogP contribution in [0.25, 0.3) is 0 Å². The number of hydrogen-bond donors (Lipinski definition) is 1. The summed E-state index contributed by atoms with van der Waals surface area (Å²) in [4.78, 5) is 0. The maximum absolute atomic E-state index is 5.82. The van der Waals surface area contributed by atoms with E-state index in [0.29, 0.717) is 11.3 Å². The minimum atomic E-state index is 0.313. The predicted octanol–water partition coefficient (Wildman–Crippen LogP) is 2.72. The number of benzene rings is 1. The Hall–Kier alpha value is -0.820. The SMILES string of the molecule is Cc1ccc2c(c1)C(CN)CC2(C)C. The molecule has 0 heterocycles. The van der Waals surface area contributed by atoms with Crippen molar-refractivity contribution in [1.82, 2.24) is 0 Å². The first-order valence-corrected chi connectivity index (χ1v) is 5.36. The standard InChI is InChI=1S/C13H19N/c1-9-4-5-12-11(6-9)10(8-14)7-13(12,2)3/h4-6,10H,7-8,14H2,1-3H3. The first-order valence-electron chi connectivity index (χ1n) is 5.36. The highest BCUT2D eigenvalue weighted by molar-refractivity contribution is 5.43. The Kier molecular flexibility index (Phi) is 2.15. The molecule has 2 N–H and O–H groups in total. The van der Waals surface area contributed by atoms with Gasteiger partial charge in [0.05, 0.1) is 0 Å². The lowest BCUT2D eigenvalue weighted by Gasteiger charge is -2.19. The summed E-state index contributed by atoms with van der Waals surface area (Å²) in [5.41, 5.74) is 10.5. The second-order valence-electron chi connectivity index (χ2n) is 5.11. The Morgan fingerprint density at radius 3 is 2.79 bits per heavy atom. The van der Waals surface area contributed by atoms with E-state index in [4.69, 9.17) is 5.73 Å². The molecule has 1 aromatic rings. The molecule has 2 rings (SSSR count). The van der Waals surface area contributed by atoms with Crippen LogP contribution in [0, 0.1) is 6.92 Å². The lowest BCUT2D eigenvalue weighted by molar-refractivity contribution is 0.478. The van der Waals surface area contributed by atoms with Crippen molar-refractivity contribution in [2.24, 2.45) is 5.73 Å². The number of nitrogens with two attached hydrogens (primary N) is 1. The van der Waals surface area contributed by atoms with Crippen molar-refractivity contribution < 1.29 is 0 Å². The quantitative estimate of drug-likeness (QED) is 0.722. The fraction of sp³-hybridized carbons (Fsp3) is 0.538. The Morgan fingerprint density at radius 1 is 1.43 bits per heavy atom. The topological polar surface area (TPSA) is 26.0 Å². The van der Waals surface area contributed by atoms with Crippen molar-refractivity contribution in [3.63, 3.8) is 0 Å². The monoisotopic (exact) mass is 189 g/mol. The summed E-state index contributed by atoms with van der Waals surface area (Å²) in [5.74, 6) is 0.569. The first-order chi connectivity index (χ1) is 6.54. The molecule has 0 amide bonds. The van der Waals surface area contributed by atoms with Crippen LogP contribution in [-0.4, -0.2) is 6.54 Å². The summed E-state index contributed by atoms with van der Waals surface area (Å²) in [7, 11) is 0. The minimum Gasteiger partial charge on any atom is -0.330 e. The van der Waals surface area contributed by atoms with E-state index in [1.54, 1.807) is 0 Å². The summed E-state index contributed by atoms with van der Waals surface area (Å²) in [6.45, 7) is 7.56. The van der Waals surface area contributed by atoms with Crippen LogP contribution in [0.1, 0.15) is 42.9 Å². The van der Waals surface area contributed by atoms with E-state index in [1.807, 2.05) is 0 Å². The van der Waals surface area contributed by atoms with Crippen molar-refractivity contribution in [2.75, 3.05) is 6.54 Å². The van der Waals surface area contributed by atoms with Gasteiger partial charge in [0.2, 0.25) is 0 Å². The average molecular weight is 189 g/mol. The van der Waals surface area contributed by atoms with Crippen LogP contribution < -0.4 is 5.73 Å². The maximum Gasteiger partial charge on any atom is -0.000781 e. The molecule has 0 spiro atoms. The van der Waals surface area contributed by atoms with E-state index >= 15 is 0 Å². The van der Waals surface area contributed by atoms with Gasteiger partial charge in [-0.2, -0.15) is 0 Å². The van der Waals surface area contributed by atoms with Crippen LogP contribution >= 0.6 is 0 Å². The van der Waals surface area contributed by atoms with Gasteiger partial charge in [-0.05, 0) is 42.3 Å². The molecule has 1 aliphatic rings. The summed E-state index contributed by atoms with van der Waals surface area (Å²) >= 11 is 0. The number of fused-ring (bicyclic) bond motifs is 1. The normalized spacial score (nSPS) is 23.6. The van der Waals surface area contributed by atoms with Gasteiger partial charge >= 0.3 is 0 Å². The van der Waals surface area contributed by atoms with Crippen molar-refractivity contribution in [1.29, 1.82) is 0 Å². The second-order valence-corrected chi connectivity index (χ2v) is 5.11. The largest absolute Gasteiger partial charge is 0.330 e. The Labute approximate surface area is 86.3 Å². The van der Waals surface area contributed by atoms with E-state index in [-0.39, 0.29) is 0 Å². The van der Waals surface area contributed by atoms with Crippen LogP contribution in [0.15, 0.2) is 18.2 Å². The lowest BCUT2D eigenvalue weighted by Crippen LogP contribution is -2.15. The van der Waals surface area contributed by atoms with Gasteiger partial charge in [0.1, 0.15) is 0 Å². The van der Waals surface area contributed by atoms with Crippen molar-refractivity contribution in [3.05, 3.63) is 34.9 Å². The third-order valence-electron chi connectivity index (χ3n) is 3.42. The van der Waals surface area contributed by atoms with E-state index < -0.39 is 0 Å². The number of rotatable bonds is 1. The van der Waals surface area contributed by atoms with Gasteiger partial charge in [0.15, 0.2) is 0 Å². The van der Waals surface area contributed by atoms with Crippen LogP contribution in [-0.2, 0) is 5.41 Å². The van der Waals surface area contributed by atoms with Gasteiger partial charge in [-0.25, -0.2) is 0 Å². The van der Waals surface area contributed by atoms with Gasteiger partial charge in [-0.3, -0.25) is 0 Å². The fourth-order valence-corrected chi connectivity index (χ4v) is 2.68. The minimum absolute atomic E-state index is 0.313. The maximum atomic E-state index is 5.82. The van der Waals surface area contributed by atoms with Crippen molar-refractivity contribution in [2.45, 2.75) is 38.5 Å². The molecule has 76 valence electrons. The molecule has 0 radical (unpaired) electrons. The summed E-state index contributed by atoms with van der Waals surface area (Å²) in [5, 5.41) is 0. The van der Waals surface area contributed by atoms with Gasteiger partial charge in [0.25, 0.3) is 0 Å². The van der Waals surface area contributed by atoms with Crippen LogP contribution in [0.5, 0.6) is 0 Å². The molecule has 1 unspecified atom stereocenters. The molecule has 1 heteroatoms. The van der Waals surface area contributed by atoms with Gasteiger partial charge in [-0.15, -0.1) is 0 Å². The zero-order chi connectivity index (χ0) is 10.3. The average Bonchev–Trinajstić information content (AvgIpc) is 2.37. The zero-order valence-corrected chi connectivity index (χ0v) is 9.30. The summed E-state index contributed by atoms with van der Waals surface area (Å²) < 4.78 is 0. The molecule has 14 heavy (non-hydrogen) atoms. The summed E-state index contributed by atoms with van der Waals surface area (Å²) in [6, 6.07) is 6.79. The molecule has 0 aromatic heterocycles. The van der Waals surface area contributed by atoms with E-state index in [2.05, 4.69) is 39.0 Å².